The third-order valence-electron chi connectivity index (χ3n) is 6.28. The fraction of sp³-hybridized carbons (Fsp3) is 0.476. The number of amides is 2. The summed E-state index contributed by atoms with van der Waals surface area (Å²) in [6.45, 7) is 2.82. The first kappa shape index (κ1) is 17.3. The van der Waals surface area contributed by atoms with Gasteiger partial charge in [0.1, 0.15) is 5.76 Å². The quantitative estimate of drug-likeness (QED) is 0.806. The zero-order valence-electron chi connectivity index (χ0n) is 15.6. The summed E-state index contributed by atoms with van der Waals surface area (Å²) in [6.07, 6.45) is 2.87. The van der Waals surface area contributed by atoms with Gasteiger partial charge in [-0.3, -0.25) is 14.4 Å². The fourth-order valence-electron chi connectivity index (χ4n) is 5.02. The van der Waals surface area contributed by atoms with Gasteiger partial charge >= 0.3 is 0 Å². The Balaban J connectivity index is 1.29. The van der Waals surface area contributed by atoms with Crippen molar-refractivity contribution in [2.45, 2.75) is 31.8 Å². The number of aromatic nitrogens is 1. The maximum atomic E-state index is 13.2. The molecule has 0 saturated carbocycles. The van der Waals surface area contributed by atoms with Gasteiger partial charge in [-0.05, 0) is 30.5 Å². The van der Waals surface area contributed by atoms with Crippen LogP contribution in [0.3, 0.4) is 0 Å². The van der Waals surface area contributed by atoms with Crippen LogP contribution in [0.15, 0.2) is 45.8 Å². The predicted octanol–water partition coefficient (Wildman–Crippen LogP) is 1.44. The van der Waals surface area contributed by atoms with Crippen molar-refractivity contribution in [3.8, 4) is 0 Å². The monoisotopic (exact) mass is 381 g/mol. The Bertz CT molecular complexity index is 964. The van der Waals surface area contributed by atoms with E-state index in [0.717, 1.165) is 17.9 Å². The van der Waals surface area contributed by atoms with Crippen LogP contribution in [-0.4, -0.2) is 45.8 Å². The van der Waals surface area contributed by atoms with Crippen molar-refractivity contribution in [3.63, 3.8) is 0 Å². The highest BCUT2D eigenvalue weighted by Crippen LogP contribution is 2.36. The Kier molecular flexibility index (Phi) is 4.10. The molecule has 3 atom stereocenters. The van der Waals surface area contributed by atoms with Gasteiger partial charge in [-0.2, -0.15) is 0 Å². The van der Waals surface area contributed by atoms with E-state index in [4.69, 9.17) is 4.42 Å². The number of piperidine rings is 1. The molecule has 2 fully saturated rings. The van der Waals surface area contributed by atoms with Crippen LogP contribution in [0.25, 0.3) is 0 Å². The molecule has 2 aromatic rings. The predicted molar refractivity (Wildman–Crippen MR) is 100 cm³/mol. The SMILES string of the molecule is O=C1CC(C(=O)N2C[C@H]3C[C@@H](C2)c2cccc(=O)n2C3)CN1Cc1ccco1. The summed E-state index contributed by atoms with van der Waals surface area (Å²) >= 11 is 0. The van der Waals surface area contributed by atoms with Crippen molar-refractivity contribution in [1.29, 1.82) is 0 Å². The second-order valence-electron chi connectivity index (χ2n) is 8.20. The normalized spacial score (nSPS) is 26.4. The third kappa shape index (κ3) is 2.95. The van der Waals surface area contributed by atoms with Crippen molar-refractivity contribution in [2.75, 3.05) is 19.6 Å². The standard InChI is InChI=1S/C21H23N3O4/c25-19-5-1-4-18-15-7-14(10-24(18)19)9-23(11-15)21(27)16-8-20(26)22(12-16)13-17-3-2-6-28-17/h1-6,14-16H,7-13H2/t14-,15+,16?/m1/s1. The van der Waals surface area contributed by atoms with Crippen molar-refractivity contribution < 1.29 is 14.0 Å². The molecule has 0 aliphatic carbocycles. The van der Waals surface area contributed by atoms with Crippen molar-refractivity contribution in [3.05, 3.63) is 58.4 Å². The summed E-state index contributed by atoms with van der Waals surface area (Å²) in [7, 11) is 0. The molecule has 5 heterocycles. The molecule has 146 valence electrons. The van der Waals surface area contributed by atoms with Crippen LogP contribution in [0.5, 0.6) is 0 Å². The molecule has 2 amide bonds. The highest BCUT2D eigenvalue weighted by atomic mass is 16.3. The number of carbonyl (C=O) groups excluding carboxylic acids is 2. The molecule has 7 heteroatoms. The summed E-state index contributed by atoms with van der Waals surface area (Å²) < 4.78 is 7.20. The maximum absolute atomic E-state index is 13.2. The molecule has 0 spiro atoms. The summed E-state index contributed by atoms with van der Waals surface area (Å²) in [5.74, 6) is 1.00. The van der Waals surface area contributed by atoms with E-state index in [2.05, 4.69) is 0 Å². The minimum Gasteiger partial charge on any atom is -0.467 e. The van der Waals surface area contributed by atoms with Gasteiger partial charge in [0.25, 0.3) is 5.56 Å². The second-order valence-corrected chi connectivity index (χ2v) is 8.20. The van der Waals surface area contributed by atoms with Gasteiger partial charge in [0, 0.05) is 50.3 Å². The molecule has 2 bridgehead atoms. The van der Waals surface area contributed by atoms with E-state index in [0.29, 0.717) is 38.6 Å². The highest BCUT2D eigenvalue weighted by Gasteiger charge is 2.41. The number of fused-ring (bicyclic) bond motifs is 4. The summed E-state index contributed by atoms with van der Waals surface area (Å²) in [5.41, 5.74) is 1.07. The number of hydrogen-bond acceptors (Lipinski definition) is 4. The molecular weight excluding hydrogens is 358 g/mol. The molecule has 3 aliphatic heterocycles. The first-order valence-electron chi connectivity index (χ1n) is 9.87. The second kappa shape index (κ2) is 6.65. The Morgan fingerprint density at radius 2 is 1.96 bits per heavy atom. The van der Waals surface area contributed by atoms with Gasteiger partial charge in [-0.25, -0.2) is 0 Å². The van der Waals surface area contributed by atoms with Crippen LogP contribution in [0.1, 0.15) is 30.2 Å². The van der Waals surface area contributed by atoms with Crippen molar-refractivity contribution >= 4 is 11.8 Å². The molecule has 3 aliphatic rings. The molecular formula is C21H23N3O4. The van der Waals surface area contributed by atoms with Crippen LogP contribution in [-0.2, 0) is 22.7 Å². The van der Waals surface area contributed by atoms with E-state index in [9.17, 15) is 14.4 Å². The van der Waals surface area contributed by atoms with E-state index >= 15 is 0 Å². The number of rotatable bonds is 3. The number of likely N-dealkylation sites (tertiary alicyclic amines) is 2. The van der Waals surface area contributed by atoms with Crippen LogP contribution < -0.4 is 5.56 Å². The fourth-order valence-corrected chi connectivity index (χ4v) is 5.02. The lowest BCUT2D eigenvalue weighted by atomic mass is 9.82. The lowest BCUT2D eigenvalue weighted by Gasteiger charge is -2.43. The van der Waals surface area contributed by atoms with Crippen LogP contribution in [0, 0.1) is 11.8 Å². The van der Waals surface area contributed by atoms with Crippen molar-refractivity contribution in [2.24, 2.45) is 11.8 Å². The van der Waals surface area contributed by atoms with Gasteiger partial charge in [-0.1, -0.05) is 6.07 Å². The minimum absolute atomic E-state index is 0.00357. The number of nitrogens with zero attached hydrogens (tertiary/aromatic N) is 3. The Morgan fingerprint density at radius 3 is 2.79 bits per heavy atom. The molecule has 28 heavy (non-hydrogen) atoms. The number of furan rings is 1. The Morgan fingerprint density at radius 1 is 1.07 bits per heavy atom. The van der Waals surface area contributed by atoms with E-state index in [1.165, 1.54) is 0 Å². The number of hydrogen-bond donors (Lipinski definition) is 0. The smallest absolute Gasteiger partial charge is 0.250 e. The van der Waals surface area contributed by atoms with E-state index in [1.807, 2.05) is 21.6 Å². The first-order chi connectivity index (χ1) is 13.6. The van der Waals surface area contributed by atoms with Gasteiger partial charge < -0.3 is 18.8 Å². The molecule has 1 unspecified atom stereocenters. The van der Waals surface area contributed by atoms with E-state index in [-0.39, 0.29) is 35.6 Å². The average Bonchev–Trinajstić information content (AvgIpc) is 3.32. The Labute approximate surface area is 162 Å². The van der Waals surface area contributed by atoms with Gasteiger partial charge in [0.2, 0.25) is 11.8 Å². The zero-order chi connectivity index (χ0) is 19.3. The molecule has 0 N–H and O–H groups in total. The summed E-state index contributed by atoms with van der Waals surface area (Å²) in [5, 5.41) is 0. The van der Waals surface area contributed by atoms with Crippen molar-refractivity contribution in [1.82, 2.24) is 14.4 Å². The maximum Gasteiger partial charge on any atom is 0.250 e. The minimum atomic E-state index is -0.292. The number of carbonyl (C=O) groups is 2. The highest BCUT2D eigenvalue weighted by molar-refractivity contribution is 5.89. The average molecular weight is 381 g/mol. The third-order valence-corrected chi connectivity index (χ3v) is 6.28. The van der Waals surface area contributed by atoms with Gasteiger partial charge in [0.15, 0.2) is 0 Å². The Hall–Kier alpha value is -2.83. The molecule has 5 rings (SSSR count). The molecule has 0 radical (unpaired) electrons. The molecule has 2 aromatic heterocycles. The lowest BCUT2D eigenvalue weighted by molar-refractivity contribution is -0.138. The molecule has 0 aromatic carbocycles. The summed E-state index contributed by atoms with van der Waals surface area (Å²) in [6, 6.07) is 9.05. The van der Waals surface area contributed by atoms with Gasteiger partial charge in [0.05, 0.1) is 18.7 Å². The summed E-state index contributed by atoms with van der Waals surface area (Å²) in [4.78, 5) is 41.3. The van der Waals surface area contributed by atoms with Crippen LogP contribution in [0.4, 0.5) is 0 Å². The van der Waals surface area contributed by atoms with Gasteiger partial charge in [-0.15, -0.1) is 0 Å². The van der Waals surface area contributed by atoms with E-state index in [1.54, 1.807) is 29.4 Å². The van der Waals surface area contributed by atoms with Crippen LogP contribution >= 0.6 is 0 Å². The molecule has 7 nitrogen and oxygen atoms in total. The largest absolute Gasteiger partial charge is 0.467 e. The van der Waals surface area contributed by atoms with Crippen LogP contribution in [0.2, 0.25) is 0 Å². The lowest BCUT2D eigenvalue weighted by Crippen LogP contribution is -2.50. The number of pyridine rings is 1. The zero-order valence-corrected chi connectivity index (χ0v) is 15.6. The topological polar surface area (TPSA) is 75.8 Å². The molecule has 2 saturated heterocycles. The van der Waals surface area contributed by atoms with E-state index < -0.39 is 0 Å². The first-order valence-corrected chi connectivity index (χ1v) is 9.87.